The van der Waals surface area contributed by atoms with E-state index in [4.69, 9.17) is 11.6 Å². The Kier molecular flexibility index (Phi) is 11.3. The lowest BCUT2D eigenvalue weighted by molar-refractivity contribution is -0.111. The van der Waals surface area contributed by atoms with Crippen LogP contribution >= 0.6 is 11.6 Å². The number of halogens is 1. The van der Waals surface area contributed by atoms with Crippen LogP contribution in [0, 0.1) is 11.8 Å². The van der Waals surface area contributed by atoms with Gasteiger partial charge in [0, 0.05) is 6.42 Å². The van der Waals surface area contributed by atoms with Crippen LogP contribution in [0.2, 0.25) is 0 Å². The second-order valence-corrected chi connectivity index (χ2v) is 7.40. The Bertz CT molecular complexity index is 264. The maximum Gasteiger partial charge on any atom is 0.221 e. The van der Waals surface area contributed by atoms with Gasteiger partial charge in [0.05, 0.1) is 0 Å². The van der Waals surface area contributed by atoms with Crippen LogP contribution in [0.15, 0.2) is 0 Å². The highest BCUT2D eigenvalue weighted by atomic mass is 35.5. The molecule has 1 aliphatic carbocycles. The van der Waals surface area contributed by atoms with Crippen LogP contribution in [0.3, 0.4) is 0 Å². The summed E-state index contributed by atoms with van der Waals surface area (Å²) in [6.45, 7) is 2.28. The SMILES string of the molecule is CCCCCCCC[C@H]1C[C@H]1CCCCCCCC(=O)Cl. The van der Waals surface area contributed by atoms with Crippen LogP contribution in [0.5, 0.6) is 0 Å². The number of carbonyl (C=O) groups excluding carboxylic acids is 1. The fraction of sp³-hybridized carbons (Fsp3) is 0.947. The first-order valence-electron chi connectivity index (χ1n) is 9.42. The molecule has 0 N–H and O–H groups in total. The molecule has 0 bridgehead atoms. The van der Waals surface area contributed by atoms with Crippen LogP contribution in [-0.4, -0.2) is 5.24 Å². The lowest BCUT2D eigenvalue weighted by atomic mass is 10.0. The molecule has 1 rings (SSSR count). The predicted octanol–water partition coefficient (Wildman–Crippen LogP) is 6.87. The Hall–Kier alpha value is -0.0400. The minimum Gasteiger partial charge on any atom is -0.281 e. The van der Waals surface area contributed by atoms with Crippen molar-refractivity contribution in [3.05, 3.63) is 0 Å². The van der Waals surface area contributed by atoms with Crippen molar-refractivity contribution >= 4 is 16.8 Å². The number of carbonyl (C=O) groups is 1. The Morgan fingerprint density at radius 1 is 0.810 bits per heavy atom. The summed E-state index contributed by atoms with van der Waals surface area (Å²) in [5.74, 6) is 2.13. The second-order valence-electron chi connectivity index (χ2n) is 6.97. The summed E-state index contributed by atoms with van der Waals surface area (Å²) in [6, 6.07) is 0. The highest BCUT2D eigenvalue weighted by molar-refractivity contribution is 6.63. The van der Waals surface area contributed by atoms with E-state index >= 15 is 0 Å². The van der Waals surface area contributed by atoms with Gasteiger partial charge in [0.2, 0.25) is 5.24 Å². The van der Waals surface area contributed by atoms with E-state index in [2.05, 4.69) is 6.92 Å². The average molecular weight is 315 g/mol. The Balaban J connectivity index is 1.77. The van der Waals surface area contributed by atoms with E-state index in [1.807, 2.05) is 0 Å². The summed E-state index contributed by atoms with van der Waals surface area (Å²) in [4.78, 5) is 10.6. The molecular formula is C19H35ClO. The van der Waals surface area contributed by atoms with E-state index in [1.165, 1.54) is 83.5 Å². The molecule has 1 nitrogen and oxygen atoms in total. The molecule has 0 amide bonds. The minimum absolute atomic E-state index is 0.175. The van der Waals surface area contributed by atoms with Gasteiger partial charge in [0.25, 0.3) is 0 Å². The zero-order valence-electron chi connectivity index (χ0n) is 14.0. The largest absolute Gasteiger partial charge is 0.281 e. The molecular weight excluding hydrogens is 280 g/mol. The van der Waals surface area contributed by atoms with Crippen molar-refractivity contribution in [2.24, 2.45) is 11.8 Å². The molecule has 0 heterocycles. The monoisotopic (exact) mass is 314 g/mol. The molecule has 0 radical (unpaired) electrons. The lowest BCUT2D eigenvalue weighted by Gasteiger charge is -2.02. The lowest BCUT2D eigenvalue weighted by Crippen LogP contribution is -1.88. The minimum atomic E-state index is -0.175. The van der Waals surface area contributed by atoms with Crippen LogP contribution < -0.4 is 0 Å². The topological polar surface area (TPSA) is 17.1 Å². The standard InChI is InChI=1S/C19H35ClO/c1-2-3-4-5-7-10-13-17-16-18(17)14-11-8-6-9-12-15-19(20)21/h17-18H,2-16H2,1H3/t17-,18+/m0/s1. The number of hydrogen-bond acceptors (Lipinski definition) is 1. The van der Waals surface area contributed by atoms with Gasteiger partial charge in [-0.15, -0.1) is 0 Å². The Morgan fingerprint density at radius 3 is 1.81 bits per heavy atom. The zero-order valence-corrected chi connectivity index (χ0v) is 14.8. The van der Waals surface area contributed by atoms with Gasteiger partial charge in [-0.05, 0) is 36.3 Å². The second kappa shape index (κ2) is 12.5. The molecule has 0 aliphatic heterocycles. The van der Waals surface area contributed by atoms with E-state index in [1.54, 1.807) is 0 Å². The molecule has 0 aromatic heterocycles. The molecule has 2 atom stereocenters. The maximum absolute atomic E-state index is 10.6. The van der Waals surface area contributed by atoms with Gasteiger partial charge in [-0.1, -0.05) is 84.0 Å². The fourth-order valence-electron chi connectivity index (χ4n) is 3.41. The highest BCUT2D eigenvalue weighted by Gasteiger charge is 2.34. The van der Waals surface area contributed by atoms with Crippen LogP contribution in [0.1, 0.15) is 103 Å². The van der Waals surface area contributed by atoms with Crippen LogP contribution in [0.4, 0.5) is 0 Å². The molecule has 0 unspecified atom stereocenters. The van der Waals surface area contributed by atoms with E-state index < -0.39 is 0 Å². The summed E-state index contributed by atoms with van der Waals surface area (Å²) in [5, 5.41) is -0.175. The van der Waals surface area contributed by atoms with Gasteiger partial charge in [0.1, 0.15) is 0 Å². The van der Waals surface area contributed by atoms with Crippen molar-refractivity contribution in [1.82, 2.24) is 0 Å². The fourth-order valence-corrected chi connectivity index (χ4v) is 3.54. The third-order valence-electron chi connectivity index (χ3n) is 4.95. The van der Waals surface area contributed by atoms with E-state index in [-0.39, 0.29) is 5.24 Å². The molecule has 124 valence electrons. The average Bonchev–Trinajstić information content (AvgIpc) is 3.20. The highest BCUT2D eigenvalue weighted by Crippen LogP contribution is 2.45. The maximum atomic E-state index is 10.6. The molecule has 21 heavy (non-hydrogen) atoms. The number of hydrogen-bond donors (Lipinski definition) is 0. The van der Waals surface area contributed by atoms with Crippen molar-refractivity contribution in [2.75, 3.05) is 0 Å². The predicted molar refractivity (Wildman–Crippen MR) is 92.8 cm³/mol. The number of rotatable bonds is 15. The van der Waals surface area contributed by atoms with Gasteiger partial charge in [-0.2, -0.15) is 0 Å². The zero-order chi connectivity index (χ0) is 15.3. The molecule has 2 heteroatoms. The van der Waals surface area contributed by atoms with Crippen molar-refractivity contribution in [3.63, 3.8) is 0 Å². The first kappa shape index (κ1) is 19.0. The van der Waals surface area contributed by atoms with E-state index in [9.17, 15) is 4.79 Å². The Morgan fingerprint density at radius 2 is 1.29 bits per heavy atom. The third kappa shape index (κ3) is 11.2. The van der Waals surface area contributed by atoms with Gasteiger partial charge in [-0.25, -0.2) is 0 Å². The molecule has 1 fully saturated rings. The molecule has 0 saturated heterocycles. The first-order chi connectivity index (χ1) is 10.2. The summed E-state index contributed by atoms with van der Waals surface area (Å²) < 4.78 is 0. The van der Waals surface area contributed by atoms with Crippen molar-refractivity contribution in [1.29, 1.82) is 0 Å². The molecule has 1 saturated carbocycles. The normalized spacial score (nSPS) is 20.7. The third-order valence-corrected chi connectivity index (χ3v) is 5.13. The van der Waals surface area contributed by atoms with Gasteiger partial charge < -0.3 is 0 Å². The summed E-state index contributed by atoms with van der Waals surface area (Å²) in [5.41, 5.74) is 0. The molecule has 0 aromatic carbocycles. The molecule has 1 aliphatic rings. The van der Waals surface area contributed by atoms with Crippen LogP contribution in [0.25, 0.3) is 0 Å². The van der Waals surface area contributed by atoms with Crippen molar-refractivity contribution < 1.29 is 4.79 Å². The van der Waals surface area contributed by atoms with Gasteiger partial charge in [0.15, 0.2) is 0 Å². The van der Waals surface area contributed by atoms with E-state index in [0.717, 1.165) is 18.3 Å². The quantitative estimate of drug-likeness (QED) is 0.238. The first-order valence-corrected chi connectivity index (χ1v) is 9.80. The number of unbranched alkanes of at least 4 members (excludes halogenated alkanes) is 9. The molecule has 0 aromatic rings. The van der Waals surface area contributed by atoms with Crippen molar-refractivity contribution in [3.8, 4) is 0 Å². The van der Waals surface area contributed by atoms with Crippen molar-refractivity contribution in [2.45, 2.75) is 103 Å². The summed E-state index contributed by atoms with van der Waals surface area (Å²) >= 11 is 5.32. The summed E-state index contributed by atoms with van der Waals surface area (Å²) in [7, 11) is 0. The smallest absolute Gasteiger partial charge is 0.221 e. The van der Waals surface area contributed by atoms with Gasteiger partial charge >= 0.3 is 0 Å². The van der Waals surface area contributed by atoms with E-state index in [0.29, 0.717) is 6.42 Å². The molecule has 0 spiro atoms. The van der Waals surface area contributed by atoms with Gasteiger partial charge in [-0.3, -0.25) is 4.79 Å². The Labute approximate surface area is 137 Å². The summed E-state index contributed by atoms with van der Waals surface area (Å²) in [6.07, 6.45) is 19.8. The van der Waals surface area contributed by atoms with Crippen LogP contribution in [-0.2, 0) is 4.79 Å².